The van der Waals surface area contributed by atoms with Crippen LogP contribution in [0, 0.1) is 5.92 Å². The van der Waals surface area contributed by atoms with Crippen LogP contribution in [0.5, 0.6) is 5.75 Å². The van der Waals surface area contributed by atoms with Gasteiger partial charge >= 0.3 is 0 Å². The van der Waals surface area contributed by atoms with Crippen molar-refractivity contribution in [2.45, 2.75) is 19.4 Å². The number of likely N-dealkylation sites (tertiary alicyclic amines) is 1. The summed E-state index contributed by atoms with van der Waals surface area (Å²) in [6, 6.07) is 17.2. The summed E-state index contributed by atoms with van der Waals surface area (Å²) in [7, 11) is 0. The van der Waals surface area contributed by atoms with Crippen LogP contribution in [0.2, 0.25) is 0 Å². The number of ether oxygens (including phenoxy) is 1. The van der Waals surface area contributed by atoms with E-state index >= 15 is 0 Å². The molecule has 1 saturated heterocycles. The zero-order valence-corrected chi connectivity index (χ0v) is 17.4. The van der Waals surface area contributed by atoms with Crippen LogP contribution in [0.1, 0.15) is 18.7 Å². The molecule has 1 aliphatic rings. The number of aromatic nitrogens is 2. The van der Waals surface area contributed by atoms with Crippen molar-refractivity contribution in [3.05, 3.63) is 73.1 Å². The van der Waals surface area contributed by atoms with Crippen molar-refractivity contribution in [2.24, 2.45) is 5.92 Å². The van der Waals surface area contributed by atoms with Crippen LogP contribution < -0.4 is 10.1 Å². The Morgan fingerprint density at radius 1 is 1.16 bits per heavy atom. The van der Waals surface area contributed by atoms with E-state index in [1.165, 1.54) is 0 Å². The highest BCUT2D eigenvalue weighted by Crippen LogP contribution is 2.23. The summed E-state index contributed by atoms with van der Waals surface area (Å²) in [5, 5.41) is 7.08. The highest BCUT2D eigenvalue weighted by molar-refractivity contribution is 5.92. The van der Waals surface area contributed by atoms with Crippen molar-refractivity contribution in [1.82, 2.24) is 15.0 Å². The van der Waals surface area contributed by atoms with Gasteiger partial charge in [0.15, 0.2) is 0 Å². The summed E-state index contributed by atoms with van der Waals surface area (Å²) < 4.78 is 10.9. The van der Waals surface area contributed by atoms with Crippen molar-refractivity contribution >= 4 is 11.6 Å². The number of anilines is 1. The minimum atomic E-state index is -0.00416. The molecule has 2 aromatic carbocycles. The minimum Gasteiger partial charge on any atom is -0.490 e. The van der Waals surface area contributed by atoms with Crippen LogP contribution in [-0.2, 0) is 11.3 Å². The summed E-state index contributed by atoms with van der Waals surface area (Å²) in [5.41, 5.74) is 1.71. The second kappa shape index (κ2) is 10.0. The van der Waals surface area contributed by atoms with Crippen LogP contribution in [0.15, 0.2) is 71.8 Å². The third-order valence-electron chi connectivity index (χ3n) is 5.31. The van der Waals surface area contributed by atoms with E-state index < -0.39 is 0 Å². The van der Waals surface area contributed by atoms with E-state index in [0.717, 1.165) is 42.9 Å². The fourth-order valence-electron chi connectivity index (χ4n) is 3.60. The van der Waals surface area contributed by atoms with E-state index in [0.29, 0.717) is 24.9 Å². The van der Waals surface area contributed by atoms with Crippen molar-refractivity contribution in [3.63, 3.8) is 0 Å². The third kappa shape index (κ3) is 5.58. The molecular weight excluding hydrogens is 392 g/mol. The average Bonchev–Trinajstić information content (AvgIpc) is 3.28. The maximum Gasteiger partial charge on any atom is 0.241 e. The number of rotatable bonds is 8. The molecule has 2 heterocycles. The number of carbonyl (C=O) groups is 1. The lowest BCUT2D eigenvalue weighted by Gasteiger charge is -2.30. The lowest BCUT2D eigenvalue weighted by Crippen LogP contribution is -2.37. The van der Waals surface area contributed by atoms with Crippen molar-refractivity contribution in [3.8, 4) is 17.1 Å². The first-order valence-electron chi connectivity index (χ1n) is 10.5. The molecule has 160 valence electrons. The maximum atomic E-state index is 12.6. The van der Waals surface area contributed by atoms with E-state index in [-0.39, 0.29) is 11.8 Å². The molecule has 0 saturated carbocycles. The standard InChI is InChI=1S/C24H26N4O3/c1-2-16-30-21-10-8-20(9-11-21)25-24(29)19-12-14-28(15-13-19)17-22-26-23(27-31-22)18-6-4-3-5-7-18/h2-11,19H,1,12-17H2,(H,25,29). The van der Waals surface area contributed by atoms with Gasteiger partial charge in [0.05, 0.1) is 6.54 Å². The number of nitrogens with one attached hydrogen (secondary N) is 1. The van der Waals surface area contributed by atoms with Gasteiger partial charge < -0.3 is 14.6 Å². The highest BCUT2D eigenvalue weighted by Gasteiger charge is 2.26. The van der Waals surface area contributed by atoms with Crippen LogP contribution in [0.4, 0.5) is 5.69 Å². The molecule has 1 aliphatic heterocycles. The van der Waals surface area contributed by atoms with Crippen LogP contribution in [0.25, 0.3) is 11.4 Å². The predicted octanol–water partition coefficient (Wildman–Crippen LogP) is 4.15. The number of piperidine rings is 1. The van der Waals surface area contributed by atoms with Gasteiger partial charge in [0.1, 0.15) is 12.4 Å². The molecule has 0 atom stereocenters. The first-order chi connectivity index (χ1) is 15.2. The topological polar surface area (TPSA) is 80.5 Å². The van der Waals surface area contributed by atoms with Gasteiger partial charge in [-0.1, -0.05) is 48.1 Å². The fraction of sp³-hybridized carbons (Fsp3) is 0.292. The first kappa shape index (κ1) is 20.8. The molecule has 7 heteroatoms. The number of amides is 1. The number of nitrogens with zero attached hydrogens (tertiary/aromatic N) is 3. The Morgan fingerprint density at radius 3 is 2.61 bits per heavy atom. The molecule has 1 aromatic heterocycles. The normalized spacial score (nSPS) is 14.8. The molecular formula is C24H26N4O3. The number of benzene rings is 2. The van der Waals surface area contributed by atoms with Gasteiger partial charge in [-0.25, -0.2) is 0 Å². The van der Waals surface area contributed by atoms with Gasteiger partial charge in [-0.15, -0.1) is 0 Å². The third-order valence-corrected chi connectivity index (χ3v) is 5.31. The van der Waals surface area contributed by atoms with E-state index in [4.69, 9.17) is 9.26 Å². The molecule has 1 fully saturated rings. The van der Waals surface area contributed by atoms with Gasteiger partial charge in [0.25, 0.3) is 0 Å². The molecule has 31 heavy (non-hydrogen) atoms. The zero-order valence-electron chi connectivity index (χ0n) is 17.4. The number of hydrogen-bond donors (Lipinski definition) is 1. The summed E-state index contributed by atoms with van der Waals surface area (Å²) in [4.78, 5) is 19.4. The largest absolute Gasteiger partial charge is 0.490 e. The highest BCUT2D eigenvalue weighted by atomic mass is 16.5. The number of carbonyl (C=O) groups excluding carboxylic acids is 1. The van der Waals surface area contributed by atoms with Crippen LogP contribution in [0.3, 0.4) is 0 Å². The van der Waals surface area contributed by atoms with E-state index in [2.05, 4.69) is 26.9 Å². The zero-order chi connectivity index (χ0) is 21.5. The Kier molecular flexibility index (Phi) is 6.74. The minimum absolute atomic E-state index is 0.00416. The first-order valence-corrected chi connectivity index (χ1v) is 10.5. The lowest BCUT2D eigenvalue weighted by atomic mass is 9.96. The SMILES string of the molecule is C=CCOc1ccc(NC(=O)C2CCN(Cc3nc(-c4ccccc4)no3)CC2)cc1. The van der Waals surface area contributed by atoms with Gasteiger partial charge in [-0.2, -0.15) is 4.98 Å². The van der Waals surface area contributed by atoms with Gasteiger partial charge in [0.2, 0.25) is 17.6 Å². The van der Waals surface area contributed by atoms with Gasteiger partial charge in [-0.3, -0.25) is 9.69 Å². The fourth-order valence-corrected chi connectivity index (χ4v) is 3.60. The summed E-state index contributed by atoms with van der Waals surface area (Å²) in [6.45, 7) is 6.32. The summed E-state index contributed by atoms with van der Waals surface area (Å²) >= 11 is 0. The molecule has 0 unspecified atom stereocenters. The van der Waals surface area contributed by atoms with Crippen LogP contribution >= 0.6 is 0 Å². The Morgan fingerprint density at radius 2 is 1.90 bits per heavy atom. The summed E-state index contributed by atoms with van der Waals surface area (Å²) in [6.07, 6.45) is 3.29. The Labute approximate surface area is 181 Å². The number of hydrogen-bond acceptors (Lipinski definition) is 6. The van der Waals surface area contributed by atoms with E-state index in [1.54, 1.807) is 6.08 Å². The molecule has 3 aromatic rings. The molecule has 0 aliphatic carbocycles. The second-order valence-corrected chi connectivity index (χ2v) is 7.54. The van der Waals surface area contributed by atoms with Gasteiger partial charge in [-0.05, 0) is 50.2 Å². The lowest BCUT2D eigenvalue weighted by molar-refractivity contribution is -0.121. The van der Waals surface area contributed by atoms with Crippen molar-refractivity contribution in [2.75, 3.05) is 25.0 Å². The summed E-state index contributed by atoms with van der Waals surface area (Å²) in [5.74, 6) is 2.01. The molecule has 0 bridgehead atoms. The van der Waals surface area contributed by atoms with Crippen LogP contribution in [-0.4, -0.2) is 40.6 Å². The van der Waals surface area contributed by atoms with Gasteiger partial charge in [0, 0.05) is 17.2 Å². The average molecular weight is 418 g/mol. The Bertz CT molecular complexity index is 993. The molecule has 1 amide bonds. The van der Waals surface area contributed by atoms with E-state index in [1.807, 2.05) is 54.6 Å². The monoisotopic (exact) mass is 418 g/mol. The predicted molar refractivity (Wildman–Crippen MR) is 118 cm³/mol. The molecule has 4 rings (SSSR count). The second-order valence-electron chi connectivity index (χ2n) is 7.54. The maximum absolute atomic E-state index is 12.6. The van der Waals surface area contributed by atoms with Crippen molar-refractivity contribution < 1.29 is 14.1 Å². The molecule has 1 N–H and O–H groups in total. The smallest absolute Gasteiger partial charge is 0.241 e. The molecule has 0 radical (unpaired) electrons. The Hall–Kier alpha value is -3.45. The molecule has 7 nitrogen and oxygen atoms in total. The Balaban J connectivity index is 1.24. The van der Waals surface area contributed by atoms with Crippen molar-refractivity contribution in [1.29, 1.82) is 0 Å². The molecule has 0 spiro atoms. The van der Waals surface area contributed by atoms with E-state index in [9.17, 15) is 4.79 Å². The quantitative estimate of drug-likeness (QED) is 0.554.